The molecule has 0 saturated heterocycles. The van der Waals surface area contributed by atoms with E-state index in [0.29, 0.717) is 0 Å². The second-order valence-electron chi connectivity index (χ2n) is 11.7. The van der Waals surface area contributed by atoms with Crippen molar-refractivity contribution in [3.8, 4) is 11.1 Å². The second-order valence-corrected chi connectivity index (χ2v) is 11.7. The highest BCUT2D eigenvalue weighted by Gasteiger charge is 2.43. The molecule has 5 aliphatic rings. The van der Waals surface area contributed by atoms with Crippen LogP contribution < -0.4 is 9.80 Å². The first-order valence-corrected chi connectivity index (χ1v) is 14.9. The molecule has 1 aromatic heterocycles. The standard InChI is InChI=1S/C38H30N4/c1-41-31-14-4-6-16-33(31)42(34-17-7-5-15-32(34)41)38-30-13-9-20-39-36(30)35(29-12-8-21-40-37(29)38)25-18-19-28-26(23-25)22-24-10-2-3-11-27(24)28/h2-4,6-14,16-21,23,37-38H,5,15,22H2,1H3. The first-order valence-electron chi connectivity index (χ1n) is 14.9. The average molecular weight is 543 g/mol. The molecule has 0 N–H and O–H groups in total. The second kappa shape index (κ2) is 9.02. The monoisotopic (exact) mass is 542 g/mol. The van der Waals surface area contributed by atoms with Crippen molar-refractivity contribution in [2.24, 2.45) is 4.99 Å². The topological polar surface area (TPSA) is 31.7 Å². The molecule has 3 aliphatic carbocycles. The number of fused-ring (bicyclic) bond motifs is 6. The van der Waals surface area contributed by atoms with Crippen LogP contribution in [0.25, 0.3) is 16.7 Å². The van der Waals surface area contributed by atoms with Crippen LogP contribution in [0.1, 0.15) is 46.8 Å². The van der Waals surface area contributed by atoms with E-state index in [4.69, 9.17) is 9.98 Å². The van der Waals surface area contributed by atoms with Gasteiger partial charge in [0.05, 0.1) is 28.8 Å². The van der Waals surface area contributed by atoms with E-state index < -0.39 is 0 Å². The number of anilines is 2. The summed E-state index contributed by atoms with van der Waals surface area (Å²) in [5, 5.41) is 0. The number of hydrogen-bond donors (Lipinski definition) is 0. The molecule has 2 unspecified atom stereocenters. The molecule has 0 saturated carbocycles. The predicted molar refractivity (Wildman–Crippen MR) is 172 cm³/mol. The van der Waals surface area contributed by atoms with Crippen LogP contribution in [-0.4, -0.2) is 24.3 Å². The van der Waals surface area contributed by atoms with Gasteiger partial charge in [0.15, 0.2) is 0 Å². The molecule has 4 heteroatoms. The van der Waals surface area contributed by atoms with E-state index in [-0.39, 0.29) is 12.1 Å². The molecule has 4 nitrogen and oxygen atoms in total. The minimum atomic E-state index is -0.0623. The fourth-order valence-electron chi connectivity index (χ4n) is 7.73. The Balaban J connectivity index is 1.26. The number of hydrogen-bond acceptors (Lipinski definition) is 4. The van der Waals surface area contributed by atoms with Crippen molar-refractivity contribution in [3.63, 3.8) is 0 Å². The van der Waals surface area contributed by atoms with Crippen LogP contribution in [0.5, 0.6) is 0 Å². The Bertz CT molecular complexity index is 1960. The summed E-state index contributed by atoms with van der Waals surface area (Å²) in [7, 11) is 2.21. The lowest BCUT2D eigenvalue weighted by Gasteiger charge is -2.48. The number of allylic oxidation sites excluding steroid dienone is 4. The molecular formula is C38H30N4. The zero-order chi connectivity index (χ0) is 27.8. The van der Waals surface area contributed by atoms with E-state index in [9.17, 15) is 0 Å². The van der Waals surface area contributed by atoms with Crippen LogP contribution in [0.3, 0.4) is 0 Å². The third-order valence-corrected chi connectivity index (χ3v) is 9.56. The normalized spacial score (nSPS) is 21.1. The number of pyridine rings is 1. The van der Waals surface area contributed by atoms with Gasteiger partial charge in [-0.05, 0) is 83.0 Å². The Hall–Kier alpha value is -4.96. The van der Waals surface area contributed by atoms with Crippen molar-refractivity contribution in [1.82, 2.24) is 4.98 Å². The minimum Gasteiger partial charge on any atom is -0.345 e. The first-order chi connectivity index (χ1) is 20.8. The summed E-state index contributed by atoms with van der Waals surface area (Å²) in [5.74, 6) is 0. The van der Waals surface area contributed by atoms with E-state index in [0.717, 1.165) is 25.0 Å². The summed E-state index contributed by atoms with van der Waals surface area (Å²) >= 11 is 0. The van der Waals surface area contributed by atoms with E-state index in [2.05, 4.69) is 120 Å². The SMILES string of the molecule is CN1C2=C(C=CCC2)N(C2c3cccnc3C(c3ccc4c(c3)Cc3ccccc3-4)=C3C=CC=NC32)c2ccccc21. The van der Waals surface area contributed by atoms with Crippen molar-refractivity contribution < 1.29 is 0 Å². The Kier molecular flexibility index (Phi) is 5.09. The molecule has 0 bridgehead atoms. The highest BCUT2D eigenvalue weighted by atomic mass is 15.3. The zero-order valence-electron chi connectivity index (χ0n) is 23.5. The first kappa shape index (κ1) is 23.7. The third kappa shape index (κ3) is 3.29. The molecule has 3 heterocycles. The Morgan fingerprint density at radius 3 is 2.64 bits per heavy atom. The molecule has 3 aromatic carbocycles. The van der Waals surface area contributed by atoms with Gasteiger partial charge >= 0.3 is 0 Å². The summed E-state index contributed by atoms with van der Waals surface area (Å²) in [5.41, 5.74) is 16.5. The molecule has 42 heavy (non-hydrogen) atoms. The molecule has 2 atom stereocenters. The van der Waals surface area contributed by atoms with E-state index in [1.54, 1.807) is 0 Å². The van der Waals surface area contributed by atoms with Gasteiger partial charge in [-0.1, -0.05) is 72.8 Å². The number of aliphatic imine (C=N–C) groups is 1. The largest absolute Gasteiger partial charge is 0.345 e. The summed E-state index contributed by atoms with van der Waals surface area (Å²) in [6.07, 6.45) is 16.0. The van der Waals surface area contributed by atoms with Gasteiger partial charge in [0.1, 0.15) is 6.04 Å². The van der Waals surface area contributed by atoms with Gasteiger partial charge in [-0.25, -0.2) is 0 Å². The van der Waals surface area contributed by atoms with Gasteiger partial charge in [-0.15, -0.1) is 0 Å². The molecule has 202 valence electrons. The molecule has 0 radical (unpaired) electrons. The van der Waals surface area contributed by atoms with Crippen molar-refractivity contribution in [3.05, 3.63) is 154 Å². The fourth-order valence-corrected chi connectivity index (χ4v) is 7.73. The summed E-state index contributed by atoms with van der Waals surface area (Å²) in [6.45, 7) is 0. The van der Waals surface area contributed by atoms with Gasteiger partial charge in [0.25, 0.3) is 0 Å². The highest BCUT2D eigenvalue weighted by molar-refractivity contribution is 5.92. The maximum Gasteiger partial charge on any atom is 0.100 e. The van der Waals surface area contributed by atoms with Crippen molar-refractivity contribution in [1.29, 1.82) is 0 Å². The lowest BCUT2D eigenvalue weighted by molar-refractivity contribution is 0.571. The van der Waals surface area contributed by atoms with Crippen LogP contribution >= 0.6 is 0 Å². The van der Waals surface area contributed by atoms with E-state index in [1.165, 1.54) is 67.3 Å². The van der Waals surface area contributed by atoms with Crippen molar-refractivity contribution in [2.75, 3.05) is 16.8 Å². The number of para-hydroxylation sites is 2. The molecule has 4 aromatic rings. The van der Waals surface area contributed by atoms with Crippen LogP contribution in [-0.2, 0) is 6.42 Å². The van der Waals surface area contributed by atoms with Crippen LogP contribution in [0.15, 0.2) is 131 Å². The van der Waals surface area contributed by atoms with Crippen molar-refractivity contribution in [2.45, 2.75) is 31.3 Å². The molecule has 9 rings (SSSR count). The Morgan fingerprint density at radius 1 is 0.833 bits per heavy atom. The molecule has 0 spiro atoms. The minimum absolute atomic E-state index is 0.0186. The lowest BCUT2D eigenvalue weighted by Crippen LogP contribution is -2.43. The highest BCUT2D eigenvalue weighted by Crippen LogP contribution is 2.52. The molecule has 0 amide bonds. The van der Waals surface area contributed by atoms with Crippen LogP contribution in [0.4, 0.5) is 11.4 Å². The van der Waals surface area contributed by atoms with Crippen molar-refractivity contribution >= 4 is 23.2 Å². The quantitative estimate of drug-likeness (QED) is 0.226. The van der Waals surface area contributed by atoms with Gasteiger partial charge in [-0.2, -0.15) is 0 Å². The molecular weight excluding hydrogens is 512 g/mol. The Labute approximate surface area is 246 Å². The number of dihydropyridines is 1. The summed E-state index contributed by atoms with van der Waals surface area (Å²) in [4.78, 5) is 15.3. The number of aromatic nitrogens is 1. The number of benzene rings is 3. The third-order valence-electron chi connectivity index (χ3n) is 9.56. The zero-order valence-corrected chi connectivity index (χ0v) is 23.5. The van der Waals surface area contributed by atoms with Gasteiger partial charge in [0.2, 0.25) is 0 Å². The average Bonchev–Trinajstić information content (AvgIpc) is 3.42. The van der Waals surface area contributed by atoms with Gasteiger partial charge in [0, 0.05) is 36.3 Å². The van der Waals surface area contributed by atoms with Crippen LogP contribution in [0.2, 0.25) is 0 Å². The molecule has 0 fully saturated rings. The van der Waals surface area contributed by atoms with E-state index in [1.807, 2.05) is 12.4 Å². The van der Waals surface area contributed by atoms with Crippen LogP contribution in [0, 0.1) is 0 Å². The number of rotatable bonds is 2. The summed E-state index contributed by atoms with van der Waals surface area (Å²) < 4.78 is 0. The lowest BCUT2D eigenvalue weighted by atomic mass is 9.76. The number of nitrogens with zero attached hydrogens (tertiary/aromatic N) is 4. The van der Waals surface area contributed by atoms with E-state index >= 15 is 0 Å². The molecule has 2 aliphatic heterocycles. The summed E-state index contributed by atoms with van der Waals surface area (Å²) in [6, 6.07) is 28.9. The fraction of sp³-hybridized carbons (Fsp3) is 0.158. The maximum atomic E-state index is 5.22. The van der Waals surface area contributed by atoms with Gasteiger partial charge < -0.3 is 9.80 Å². The predicted octanol–water partition coefficient (Wildman–Crippen LogP) is 8.04. The maximum absolute atomic E-state index is 5.22. The van der Waals surface area contributed by atoms with Gasteiger partial charge in [-0.3, -0.25) is 9.98 Å². The Morgan fingerprint density at radius 2 is 1.69 bits per heavy atom. The smallest absolute Gasteiger partial charge is 0.100 e.